The number of allylic oxidation sites excluding steroid dienone is 2. The van der Waals surface area contributed by atoms with Gasteiger partial charge in [0.2, 0.25) is 0 Å². The summed E-state index contributed by atoms with van der Waals surface area (Å²) in [5.41, 5.74) is 1.65. The van der Waals surface area contributed by atoms with Crippen molar-refractivity contribution in [3.05, 3.63) is 75.3 Å². The Labute approximate surface area is 153 Å². The standard InChI is InChI=1S/C19H14Cl2F3N/c20-15-6-2-5-13(17(15)21)18-12-4-1-3-11(12)14-9-10(19(22,23)24)7-8-16(14)25-18/h1-3,5-9,11-12,18,25H,4H2/t11-,12-,18-/m1/s1. The highest BCUT2D eigenvalue weighted by molar-refractivity contribution is 6.42. The van der Waals surface area contributed by atoms with Gasteiger partial charge in [-0.05, 0) is 47.7 Å². The van der Waals surface area contributed by atoms with E-state index in [4.69, 9.17) is 23.2 Å². The Morgan fingerprint density at radius 2 is 1.84 bits per heavy atom. The number of benzene rings is 2. The number of nitrogens with one attached hydrogen (secondary N) is 1. The first-order valence-electron chi connectivity index (χ1n) is 7.94. The van der Waals surface area contributed by atoms with E-state index in [1.165, 1.54) is 12.1 Å². The second-order valence-corrected chi connectivity index (χ2v) is 7.20. The second-order valence-electron chi connectivity index (χ2n) is 6.42. The SMILES string of the molecule is FC(F)(F)c1ccc2c(c1)[C@@H]1C=CC[C@H]1[C@H](c1cccc(Cl)c1Cl)N2. The minimum absolute atomic E-state index is 0.0707. The van der Waals surface area contributed by atoms with Crippen molar-refractivity contribution in [2.75, 3.05) is 5.32 Å². The average Bonchev–Trinajstić information content (AvgIpc) is 3.05. The van der Waals surface area contributed by atoms with E-state index < -0.39 is 11.7 Å². The van der Waals surface area contributed by atoms with Crippen LogP contribution in [0.4, 0.5) is 18.9 Å². The third-order valence-electron chi connectivity index (χ3n) is 5.01. The maximum Gasteiger partial charge on any atom is 0.416 e. The molecule has 25 heavy (non-hydrogen) atoms. The number of anilines is 1. The van der Waals surface area contributed by atoms with Crippen LogP contribution in [0, 0.1) is 5.92 Å². The molecule has 6 heteroatoms. The van der Waals surface area contributed by atoms with Crippen LogP contribution >= 0.6 is 23.2 Å². The first kappa shape index (κ1) is 16.8. The molecule has 1 N–H and O–H groups in total. The minimum atomic E-state index is -4.35. The summed E-state index contributed by atoms with van der Waals surface area (Å²) in [7, 11) is 0. The van der Waals surface area contributed by atoms with Crippen LogP contribution in [0.25, 0.3) is 0 Å². The molecule has 2 aromatic carbocycles. The van der Waals surface area contributed by atoms with E-state index in [1.54, 1.807) is 6.07 Å². The van der Waals surface area contributed by atoms with Gasteiger partial charge in [-0.15, -0.1) is 0 Å². The highest BCUT2D eigenvalue weighted by Gasteiger charge is 2.40. The van der Waals surface area contributed by atoms with Gasteiger partial charge in [0.25, 0.3) is 0 Å². The maximum atomic E-state index is 13.1. The molecular weight excluding hydrogens is 370 g/mol. The summed E-state index contributed by atoms with van der Waals surface area (Å²) in [6.45, 7) is 0. The molecule has 0 fully saturated rings. The van der Waals surface area contributed by atoms with Crippen molar-refractivity contribution in [2.45, 2.75) is 24.6 Å². The predicted molar refractivity (Wildman–Crippen MR) is 94.3 cm³/mol. The van der Waals surface area contributed by atoms with Crippen LogP contribution in [0.2, 0.25) is 10.0 Å². The fourth-order valence-electron chi connectivity index (χ4n) is 3.84. The van der Waals surface area contributed by atoms with E-state index in [0.29, 0.717) is 21.3 Å². The molecule has 0 bridgehead atoms. The smallest absolute Gasteiger partial charge is 0.378 e. The van der Waals surface area contributed by atoms with Crippen molar-refractivity contribution >= 4 is 28.9 Å². The molecule has 0 saturated carbocycles. The molecule has 130 valence electrons. The summed E-state index contributed by atoms with van der Waals surface area (Å²) in [5, 5.41) is 4.34. The van der Waals surface area contributed by atoms with E-state index in [9.17, 15) is 13.2 Å². The van der Waals surface area contributed by atoms with Crippen molar-refractivity contribution < 1.29 is 13.2 Å². The van der Waals surface area contributed by atoms with Gasteiger partial charge >= 0.3 is 6.18 Å². The summed E-state index contributed by atoms with van der Waals surface area (Å²) >= 11 is 12.5. The van der Waals surface area contributed by atoms with Crippen LogP contribution in [0.1, 0.15) is 35.1 Å². The van der Waals surface area contributed by atoms with Gasteiger partial charge in [0, 0.05) is 11.6 Å². The van der Waals surface area contributed by atoms with Gasteiger partial charge in [-0.3, -0.25) is 0 Å². The molecule has 0 aromatic heterocycles. The van der Waals surface area contributed by atoms with E-state index in [2.05, 4.69) is 5.32 Å². The fourth-order valence-corrected chi connectivity index (χ4v) is 4.26. The lowest BCUT2D eigenvalue weighted by molar-refractivity contribution is -0.137. The molecule has 1 heterocycles. The Bertz CT molecular complexity index is 860. The summed E-state index contributed by atoms with van der Waals surface area (Å²) in [4.78, 5) is 0. The van der Waals surface area contributed by atoms with Gasteiger partial charge < -0.3 is 5.32 Å². The lowest BCUT2D eigenvalue weighted by Crippen LogP contribution is -2.29. The zero-order valence-corrected chi connectivity index (χ0v) is 14.5. The molecule has 0 unspecified atom stereocenters. The molecular formula is C19H14Cl2F3N. The maximum absolute atomic E-state index is 13.1. The molecule has 4 rings (SSSR count). The minimum Gasteiger partial charge on any atom is -0.378 e. The molecule has 3 atom stereocenters. The van der Waals surface area contributed by atoms with Crippen LogP contribution in [0.15, 0.2) is 48.6 Å². The van der Waals surface area contributed by atoms with Crippen molar-refractivity contribution in [2.24, 2.45) is 5.92 Å². The monoisotopic (exact) mass is 383 g/mol. The van der Waals surface area contributed by atoms with Gasteiger partial charge in [0.15, 0.2) is 0 Å². The van der Waals surface area contributed by atoms with Crippen LogP contribution < -0.4 is 5.32 Å². The van der Waals surface area contributed by atoms with Gasteiger partial charge in [-0.2, -0.15) is 13.2 Å². The summed E-state index contributed by atoms with van der Waals surface area (Å²) in [6.07, 6.45) is 0.453. The zero-order chi connectivity index (χ0) is 17.8. The first-order valence-corrected chi connectivity index (χ1v) is 8.70. The Morgan fingerprint density at radius 1 is 1.04 bits per heavy atom. The van der Waals surface area contributed by atoms with Crippen LogP contribution in [0.5, 0.6) is 0 Å². The number of halogens is 5. The Morgan fingerprint density at radius 3 is 2.60 bits per heavy atom. The van der Waals surface area contributed by atoms with Crippen LogP contribution in [0.3, 0.4) is 0 Å². The van der Waals surface area contributed by atoms with E-state index >= 15 is 0 Å². The molecule has 1 nitrogen and oxygen atoms in total. The Hall–Kier alpha value is -1.65. The lowest BCUT2D eigenvalue weighted by Gasteiger charge is -2.38. The molecule has 0 amide bonds. The van der Waals surface area contributed by atoms with Gasteiger partial charge in [0.1, 0.15) is 0 Å². The largest absolute Gasteiger partial charge is 0.416 e. The fraction of sp³-hybridized carbons (Fsp3) is 0.263. The Kier molecular flexibility index (Phi) is 4.00. The van der Waals surface area contributed by atoms with Crippen molar-refractivity contribution in [1.29, 1.82) is 0 Å². The third-order valence-corrected chi connectivity index (χ3v) is 5.84. The summed E-state index contributed by atoms with van der Waals surface area (Å²) < 4.78 is 39.2. The molecule has 0 saturated heterocycles. The number of hydrogen-bond acceptors (Lipinski definition) is 1. The van der Waals surface area contributed by atoms with E-state index in [0.717, 1.165) is 18.1 Å². The molecule has 0 radical (unpaired) electrons. The predicted octanol–water partition coefficient (Wildman–Crippen LogP) is 6.84. The quantitative estimate of drug-likeness (QED) is 0.531. The van der Waals surface area contributed by atoms with E-state index in [1.807, 2.05) is 24.3 Å². The Balaban J connectivity index is 1.80. The normalized spacial score (nSPS) is 24.6. The summed E-state index contributed by atoms with van der Waals surface area (Å²) in [6, 6.07) is 9.25. The van der Waals surface area contributed by atoms with Gasteiger partial charge in [-0.1, -0.05) is 47.5 Å². The third kappa shape index (κ3) is 2.81. The average molecular weight is 384 g/mol. The molecule has 0 spiro atoms. The van der Waals surface area contributed by atoms with Crippen LogP contribution in [-0.2, 0) is 6.18 Å². The van der Waals surface area contributed by atoms with Crippen molar-refractivity contribution in [1.82, 2.24) is 0 Å². The second kappa shape index (κ2) is 5.96. The number of hydrogen-bond donors (Lipinski definition) is 1. The van der Waals surface area contributed by atoms with Crippen LogP contribution in [-0.4, -0.2) is 0 Å². The van der Waals surface area contributed by atoms with Crippen molar-refractivity contribution in [3.8, 4) is 0 Å². The first-order chi connectivity index (χ1) is 11.9. The van der Waals surface area contributed by atoms with Gasteiger partial charge in [-0.25, -0.2) is 0 Å². The summed E-state index contributed by atoms with van der Waals surface area (Å²) in [5.74, 6) is 0.0329. The molecule has 2 aliphatic rings. The molecule has 2 aromatic rings. The molecule has 1 aliphatic carbocycles. The topological polar surface area (TPSA) is 12.0 Å². The van der Waals surface area contributed by atoms with Crippen molar-refractivity contribution in [3.63, 3.8) is 0 Å². The highest BCUT2D eigenvalue weighted by Crippen LogP contribution is 2.52. The molecule has 1 aliphatic heterocycles. The lowest BCUT2D eigenvalue weighted by atomic mass is 9.76. The highest BCUT2D eigenvalue weighted by atomic mass is 35.5. The zero-order valence-electron chi connectivity index (χ0n) is 12.9. The van der Waals surface area contributed by atoms with E-state index in [-0.39, 0.29) is 17.9 Å². The van der Waals surface area contributed by atoms with Gasteiger partial charge in [0.05, 0.1) is 21.7 Å². The number of rotatable bonds is 1. The number of fused-ring (bicyclic) bond motifs is 3. The number of alkyl halides is 3.